The standard InChI is InChI=1S/C23H21ClN4O6S/c1-32-9-10-34-19-13-25-21-8-7-15(14-28(21)23(19)29)16-11-18(22(33-2)26-12-16)27-35(30,31)20-6-4-3-5-17(20)24/h3-8,11-14,27H,9-10H2,1-2H3. The van der Waals surface area contributed by atoms with Crippen LogP contribution in [-0.2, 0) is 14.8 Å². The third-order valence-electron chi connectivity index (χ3n) is 4.96. The summed E-state index contributed by atoms with van der Waals surface area (Å²) in [6.07, 6.45) is 4.44. The Kier molecular flexibility index (Phi) is 7.20. The molecule has 12 heteroatoms. The van der Waals surface area contributed by atoms with Crippen LogP contribution in [0.15, 0.2) is 70.7 Å². The Balaban J connectivity index is 1.73. The van der Waals surface area contributed by atoms with Gasteiger partial charge in [-0.15, -0.1) is 0 Å². The zero-order valence-electron chi connectivity index (χ0n) is 18.8. The van der Waals surface area contributed by atoms with Crippen LogP contribution in [0.2, 0.25) is 5.02 Å². The molecular weight excluding hydrogens is 496 g/mol. The molecule has 0 saturated heterocycles. The molecule has 1 N–H and O–H groups in total. The lowest BCUT2D eigenvalue weighted by Gasteiger charge is -2.14. The van der Waals surface area contributed by atoms with Gasteiger partial charge in [0.25, 0.3) is 15.6 Å². The van der Waals surface area contributed by atoms with Crippen molar-refractivity contribution in [1.29, 1.82) is 0 Å². The van der Waals surface area contributed by atoms with Crippen molar-refractivity contribution < 1.29 is 22.6 Å². The molecule has 0 amide bonds. The lowest BCUT2D eigenvalue weighted by atomic mass is 10.1. The fraction of sp³-hybridized carbons (Fsp3) is 0.174. The van der Waals surface area contributed by atoms with Gasteiger partial charge in [0.05, 0.1) is 24.9 Å². The number of benzene rings is 1. The Hall–Kier alpha value is -3.67. The monoisotopic (exact) mass is 516 g/mol. The molecule has 0 unspecified atom stereocenters. The number of rotatable bonds is 9. The normalized spacial score (nSPS) is 11.4. The first-order valence-electron chi connectivity index (χ1n) is 10.3. The van der Waals surface area contributed by atoms with Crippen molar-refractivity contribution in [1.82, 2.24) is 14.4 Å². The Labute approximate surface area is 206 Å². The third-order valence-corrected chi connectivity index (χ3v) is 6.83. The van der Waals surface area contributed by atoms with E-state index in [9.17, 15) is 13.2 Å². The molecule has 10 nitrogen and oxygen atoms in total. The van der Waals surface area contributed by atoms with Crippen LogP contribution in [0, 0.1) is 0 Å². The molecule has 0 fully saturated rings. The molecule has 4 rings (SSSR count). The van der Waals surface area contributed by atoms with Crippen molar-refractivity contribution in [3.8, 4) is 22.8 Å². The lowest BCUT2D eigenvalue weighted by molar-refractivity contribution is 0.145. The van der Waals surface area contributed by atoms with E-state index in [1.54, 1.807) is 36.5 Å². The average molecular weight is 517 g/mol. The quantitative estimate of drug-likeness (QED) is 0.336. The second-order valence-corrected chi connectivity index (χ2v) is 9.29. The minimum absolute atomic E-state index is 0.0674. The van der Waals surface area contributed by atoms with Crippen LogP contribution in [0.25, 0.3) is 16.8 Å². The highest BCUT2D eigenvalue weighted by Gasteiger charge is 2.20. The molecule has 0 atom stereocenters. The first kappa shape index (κ1) is 24.5. The number of fused-ring (bicyclic) bond motifs is 1. The van der Waals surface area contributed by atoms with Crippen LogP contribution >= 0.6 is 11.6 Å². The number of halogens is 1. The number of aromatic nitrogens is 3. The largest absolute Gasteiger partial charge is 0.484 e. The summed E-state index contributed by atoms with van der Waals surface area (Å²) < 4.78 is 45.3. The third kappa shape index (κ3) is 5.21. The summed E-state index contributed by atoms with van der Waals surface area (Å²) in [5, 5.41) is 0.0769. The van der Waals surface area contributed by atoms with Gasteiger partial charge in [0.1, 0.15) is 22.8 Å². The van der Waals surface area contributed by atoms with Crippen LogP contribution in [0.3, 0.4) is 0 Å². The highest BCUT2D eigenvalue weighted by Crippen LogP contribution is 2.31. The molecule has 0 aliphatic heterocycles. The number of nitrogens with zero attached hydrogens (tertiary/aromatic N) is 3. The fourth-order valence-electron chi connectivity index (χ4n) is 3.27. The van der Waals surface area contributed by atoms with Gasteiger partial charge in [-0.05, 0) is 30.3 Å². The average Bonchev–Trinajstić information content (AvgIpc) is 2.85. The van der Waals surface area contributed by atoms with Crippen molar-refractivity contribution >= 4 is 33.0 Å². The SMILES string of the molecule is COCCOc1cnc2ccc(-c3cnc(OC)c(NS(=O)(=O)c4ccccc4Cl)c3)cn2c1=O. The molecule has 0 radical (unpaired) electrons. The van der Waals surface area contributed by atoms with Gasteiger partial charge in [-0.2, -0.15) is 0 Å². The zero-order chi connectivity index (χ0) is 25.0. The van der Waals surface area contributed by atoms with E-state index in [1.165, 1.54) is 43.1 Å². The maximum atomic E-state index is 12.9. The van der Waals surface area contributed by atoms with Gasteiger partial charge >= 0.3 is 0 Å². The number of pyridine rings is 2. The number of ether oxygens (including phenoxy) is 3. The molecule has 0 aliphatic rings. The number of sulfonamides is 1. The van der Waals surface area contributed by atoms with Gasteiger partial charge in [0.15, 0.2) is 0 Å². The van der Waals surface area contributed by atoms with Crippen molar-refractivity contribution in [2.45, 2.75) is 4.90 Å². The highest BCUT2D eigenvalue weighted by atomic mass is 35.5. The molecule has 1 aromatic carbocycles. The summed E-state index contributed by atoms with van der Waals surface area (Å²) in [5.74, 6) is 0.149. The minimum atomic E-state index is -4.03. The Bertz CT molecular complexity index is 1540. The zero-order valence-corrected chi connectivity index (χ0v) is 20.3. The van der Waals surface area contributed by atoms with E-state index in [2.05, 4.69) is 14.7 Å². The molecule has 4 aromatic rings. The fourth-order valence-corrected chi connectivity index (χ4v) is 4.84. The summed E-state index contributed by atoms with van der Waals surface area (Å²) in [6.45, 7) is 0.531. The number of nitrogens with one attached hydrogen (secondary N) is 1. The number of anilines is 1. The first-order chi connectivity index (χ1) is 16.8. The molecule has 0 aliphatic carbocycles. The van der Waals surface area contributed by atoms with E-state index >= 15 is 0 Å². The lowest BCUT2D eigenvalue weighted by Crippen LogP contribution is -2.19. The van der Waals surface area contributed by atoms with Gasteiger partial charge < -0.3 is 14.2 Å². The van der Waals surface area contributed by atoms with E-state index in [0.29, 0.717) is 23.4 Å². The van der Waals surface area contributed by atoms with Crippen molar-refractivity contribution in [2.75, 3.05) is 32.2 Å². The number of hydrogen-bond donors (Lipinski definition) is 1. The minimum Gasteiger partial charge on any atom is -0.484 e. The molecular formula is C23H21ClN4O6S. The summed E-state index contributed by atoms with van der Waals surface area (Å²) >= 11 is 6.08. The van der Waals surface area contributed by atoms with Gasteiger partial charge in [0, 0.05) is 30.6 Å². The topological polar surface area (TPSA) is 121 Å². The van der Waals surface area contributed by atoms with E-state index in [4.69, 9.17) is 25.8 Å². The highest BCUT2D eigenvalue weighted by molar-refractivity contribution is 7.92. The van der Waals surface area contributed by atoms with Crippen LogP contribution < -0.4 is 19.8 Å². The van der Waals surface area contributed by atoms with Crippen LogP contribution in [0.1, 0.15) is 0 Å². The Morgan fingerprint density at radius 3 is 2.57 bits per heavy atom. The van der Waals surface area contributed by atoms with Crippen molar-refractivity contribution in [3.63, 3.8) is 0 Å². The molecule has 0 saturated carbocycles. The maximum Gasteiger partial charge on any atom is 0.300 e. The van der Waals surface area contributed by atoms with E-state index in [0.717, 1.165) is 0 Å². The summed E-state index contributed by atoms with van der Waals surface area (Å²) in [6, 6.07) is 11.0. The Morgan fingerprint density at radius 1 is 1.03 bits per heavy atom. The van der Waals surface area contributed by atoms with E-state index < -0.39 is 15.6 Å². The second-order valence-electron chi connectivity index (χ2n) is 7.23. The maximum absolute atomic E-state index is 12.9. The van der Waals surface area contributed by atoms with Crippen LogP contribution in [0.4, 0.5) is 5.69 Å². The molecule has 35 heavy (non-hydrogen) atoms. The molecule has 182 valence electrons. The molecule has 3 heterocycles. The summed E-state index contributed by atoms with van der Waals surface area (Å²) in [4.78, 5) is 21.3. The number of methoxy groups -OCH3 is 2. The molecule has 0 spiro atoms. The second kappa shape index (κ2) is 10.3. The van der Waals surface area contributed by atoms with Crippen LogP contribution in [-0.4, -0.2) is 50.2 Å². The summed E-state index contributed by atoms with van der Waals surface area (Å²) in [7, 11) is -1.12. The Morgan fingerprint density at radius 2 is 1.83 bits per heavy atom. The predicted molar refractivity (Wildman–Crippen MR) is 131 cm³/mol. The first-order valence-corrected chi connectivity index (χ1v) is 12.1. The number of hydrogen-bond acceptors (Lipinski definition) is 8. The van der Waals surface area contributed by atoms with Crippen molar-refractivity contribution in [2.24, 2.45) is 0 Å². The predicted octanol–water partition coefficient (Wildman–Crippen LogP) is 3.24. The molecule has 0 bridgehead atoms. The van der Waals surface area contributed by atoms with E-state index in [1.807, 2.05) is 0 Å². The van der Waals surface area contributed by atoms with Gasteiger partial charge in [-0.3, -0.25) is 13.9 Å². The molecule has 3 aromatic heterocycles. The van der Waals surface area contributed by atoms with Gasteiger partial charge in [-0.1, -0.05) is 23.7 Å². The van der Waals surface area contributed by atoms with Gasteiger partial charge in [0.2, 0.25) is 11.6 Å². The van der Waals surface area contributed by atoms with Crippen molar-refractivity contribution in [3.05, 3.63) is 76.4 Å². The summed E-state index contributed by atoms with van der Waals surface area (Å²) in [5.41, 5.74) is 1.24. The van der Waals surface area contributed by atoms with Crippen LogP contribution in [0.5, 0.6) is 11.6 Å². The smallest absolute Gasteiger partial charge is 0.300 e. The van der Waals surface area contributed by atoms with Gasteiger partial charge in [-0.25, -0.2) is 18.4 Å². The van der Waals surface area contributed by atoms with E-state index in [-0.39, 0.29) is 33.8 Å².